The van der Waals surface area contributed by atoms with Gasteiger partial charge in [0.25, 0.3) is 0 Å². The maximum atomic E-state index is 8.42. The van der Waals surface area contributed by atoms with Gasteiger partial charge in [-0.2, -0.15) is 0 Å². The van der Waals surface area contributed by atoms with Gasteiger partial charge in [0, 0.05) is 25.8 Å². The van der Waals surface area contributed by atoms with Gasteiger partial charge >= 0.3 is 0 Å². The molecule has 1 aromatic carbocycles. The smallest absolute Gasteiger partial charge is 0.140 e. The van der Waals surface area contributed by atoms with Crippen LogP contribution in [0.25, 0.3) is 0 Å². The largest absolute Gasteiger partial charge is 0.409 e. The number of ether oxygens (including phenoxy) is 1. The van der Waals surface area contributed by atoms with E-state index >= 15 is 0 Å². The van der Waals surface area contributed by atoms with Crippen molar-refractivity contribution in [1.29, 1.82) is 0 Å². The number of oxime groups is 1. The van der Waals surface area contributed by atoms with Gasteiger partial charge in [-0.1, -0.05) is 23.4 Å². The minimum atomic E-state index is 0.229. The van der Waals surface area contributed by atoms with Crippen molar-refractivity contribution in [3.8, 4) is 0 Å². The number of hydrogen-bond acceptors (Lipinski definition) is 4. The van der Waals surface area contributed by atoms with Crippen molar-refractivity contribution in [3.63, 3.8) is 0 Å². The third-order valence-electron chi connectivity index (χ3n) is 2.42. The second-order valence-corrected chi connectivity index (χ2v) is 3.67. The Balaban J connectivity index is 2.51. The molecule has 94 valence electrons. The van der Waals surface area contributed by atoms with E-state index in [2.05, 4.69) is 16.5 Å². The van der Waals surface area contributed by atoms with Gasteiger partial charge in [0.1, 0.15) is 5.84 Å². The zero-order valence-corrected chi connectivity index (χ0v) is 10.0. The summed E-state index contributed by atoms with van der Waals surface area (Å²) in [5.41, 5.74) is 7.66. The first-order chi connectivity index (χ1) is 8.27. The molecule has 0 aliphatic heterocycles. The number of benzene rings is 1. The monoisotopic (exact) mass is 237 g/mol. The fourth-order valence-corrected chi connectivity index (χ4v) is 1.50. The molecule has 0 amide bonds. The minimum Gasteiger partial charge on any atom is -0.409 e. The van der Waals surface area contributed by atoms with Gasteiger partial charge in [0.05, 0.1) is 6.61 Å². The van der Waals surface area contributed by atoms with Crippen molar-refractivity contribution in [2.45, 2.75) is 12.8 Å². The van der Waals surface area contributed by atoms with Crippen molar-refractivity contribution in [2.75, 3.05) is 25.6 Å². The molecule has 0 fully saturated rings. The average molecular weight is 237 g/mol. The zero-order valence-electron chi connectivity index (χ0n) is 10.0. The van der Waals surface area contributed by atoms with Crippen molar-refractivity contribution in [3.05, 3.63) is 29.8 Å². The SMILES string of the molecule is COCCc1ccccc1NCC/C(N)=N/O. The van der Waals surface area contributed by atoms with Crippen molar-refractivity contribution < 1.29 is 9.94 Å². The van der Waals surface area contributed by atoms with E-state index in [1.807, 2.05) is 18.2 Å². The number of hydrogen-bond donors (Lipinski definition) is 3. The number of rotatable bonds is 7. The lowest BCUT2D eigenvalue weighted by Gasteiger charge is -2.11. The molecular weight excluding hydrogens is 218 g/mol. The first kappa shape index (κ1) is 13.3. The van der Waals surface area contributed by atoms with Gasteiger partial charge in [-0.05, 0) is 18.1 Å². The van der Waals surface area contributed by atoms with Crippen LogP contribution in [0.3, 0.4) is 0 Å². The van der Waals surface area contributed by atoms with Gasteiger partial charge in [-0.15, -0.1) is 0 Å². The van der Waals surface area contributed by atoms with E-state index in [-0.39, 0.29) is 5.84 Å². The highest BCUT2D eigenvalue weighted by atomic mass is 16.5. The Bertz CT molecular complexity index is 367. The van der Waals surface area contributed by atoms with Crippen LogP contribution in [0, 0.1) is 0 Å². The van der Waals surface area contributed by atoms with Crippen LogP contribution in [0.15, 0.2) is 29.4 Å². The highest BCUT2D eigenvalue weighted by Gasteiger charge is 2.01. The Hall–Kier alpha value is -1.75. The fraction of sp³-hybridized carbons (Fsp3) is 0.417. The summed E-state index contributed by atoms with van der Waals surface area (Å²) in [5, 5.41) is 14.6. The van der Waals surface area contributed by atoms with Crippen molar-refractivity contribution >= 4 is 11.5 Å². The summed E-state index contributed by atoms with van der Waals surface area (Å²) in [6.45, 7) is 1.33. The molecule has 0 heterocycles. The van der Waals surface area contributed by atoms with Crippen LogP contribution in [0.5, 0.6) is 0 Å². The summed E-state index contributed by atoms with van der Waals surface area (Å²) in [6.07, 6.45) is 1.37. The van der Waals surface area contributed by atoms with E-state index in [9.17, 15) is 0 Å². The number of methoxy groups -OCH3 is 1. The fourth-order valence-electron chi connectivity index (χ4n) is 1.50. The molecule has 1 aromatic rings. The van der Waals surface area contributed by atoms with Gasteiger partial charge in [-0.3, -0.25) is 0 Å². The Morgan fingerprint density at radius 3 is 2.94 bits per heavy atom. The summed E-state index contributed by atoms with van der Waals surface area (Å²) in [6, 6.07) is 8.05. The number of anilines is 1. The molecular formula is C12H19N3O2. The third-order valence-corrected chi connectivity index (χ3v) is 2.42. The Morgan fingerprint density at radius 2 is 2.24 bits per heavy atom. The third kappa shape index (κ3) is 4.74. The molecule has 0 aliphatic rings. The highest BCUT2D eigenvalue weighted by molar-refractivity contribution is 5.80. The Kier molecular flexibility index (Phi) is 5.88. The van der Waals surface area contributed by atoms with E-state index < -0.39 is 0 Å². The maximum Gasteiger partial charge on any atom is 0.140 e. The normalized spacial score (nSPS) is 11.5. The number of nitrogens with two attached hydrogens (primary N) is 1. The molecule has 17 heavy (non-hydrogen) atoms. The van der Waals surface area contributed by atoms with Crippen molar-refractivity contribution in [1.82, 2.24) is 0 Å². The first-order valence-corrected chi connectivity index (χ1v) is 5.55. The maximum absolute atomic E-state index is 8.42. The number of nitrogens with zero attached hydrogens (tertiary/aromatic N) is 1. The van der Waals surface area contributed by atoms with Crippen LogP contribution in [0.2, 0.25) is 0 Å². The molecule has 0 saturated carbocycles. The molecule has 0 bridgehead atoms. The van der Waals surface area contributed by atoms with Gasteiger partial charge in [0.15, 0.2) is 0 Å². The molecule has 0 unspecified atom stereocenters. The van der Waals surface area contributed by atoms with Crippen LogP contribution >= 0.6 is 0 Å². The van der Waals surface area contributed by atoms with Gasteiger partial charge < -0.3 is 21.0 Å². The Labute approximate surface area is 101 Å². The lowest BCUT2D eigenvalue weighted by Crippen LogP contribution is -2.17. The van der Waals surface area contributed by atoms with Crippen LogP contribution in [0.1, 0.15) is 12.0 Å². The van der Waals surface area contributed by atoms with E-state index in [0.29, 0.717) is 19.6 Å². The summed E-state index contributed by atoms with van der Waals surface area (Å²) < 4.78 is 5.06. The standard InChI is InChI=1S/C12H19N3O2/c1-17-9-7-10-4-2-3-5-11(10)14-8-6-12(13)15-16/h2-5,14,16H,6-9H2,1H3,(H2,13,15). The zero-order chi connectivity index (χ0) is 12.5. The van der Waals surface area contributed by atoms with Gasteiger partial charge in [-0.25, -0.2) is 0 Å². The Morgan fingerprint density at radius 1 is 1.47 bits per heavy atom. The molecule has 5 nitrogen and oxygen atoms in total. The molecule has 0 aliphatic carbocycles. The number of para-hydroxylation sites is 1. The predicted molar refractivity (Wildman–Crippen MR) is 68.5 cm³/mol. The highest BCUT2D eigenvalue weighted by Crippen LogP contribution is 2.15. The van der Waals surface area contributed by atoms with E-state index in [1.54, 1.807) is 7.11 Å². The molecule has 0 aromatic heterocycles. The van der Waals surface area contributed by atoms with Crippen LogP contribution in [0.4, 0.5) is 5.69 Å². The quantitative estimate of drug-likeness (QED) is 0.290. The molecule has 5 heteroatoms. The molecule has 0 radical (unpaired) electrons. The number of nitrogens with one attached hydrogen (secondary N) is 1. The van der Waals surface area contributed by atoms with Crippen LogP contribution < -0.4 is 11.1 Å². The lowest BCUT2D eigenvalue weighted by atomic mass is 10.1. The topological polar surface area (TPSA) is 79.9 Å². The minimum absolute atomic E-state index is 0.229. The molecule has 4 N–H and O–H groups in total. The molecule has 0 spiro atoms. The summed E-state index contributed by atoms with van der Waals surface area (Å²) in [4.78, 5) is 0. The van der Waals surface area contributed by atoms with E-state index in [0.717, 1.165) is 12.1 Å². The van der Waals surface area contributed by atoms with Gasteiger partial charge in [0.2, 0.25) is 0 Å². The van der Waals surface area contributed by atoms with E-state index in [1.165, 1.54) is 5.56 Å². The summed E-state index contributed by atoms with van der Waals surface area (Å²) >= 11 is 0. The first-order valence-electron chi connectivity index (χ1n) is 5.55. The predicted octanol–water partition coefficient (Wildman–Crippen LogP) is 1.42. The second kappa shape index (κ2) is 7.51. The van der Waals surface area contributed by atoms with Crippen LogP contribution in [-0.4, -0.2) is 31.3 Å². The molecule has 0 atom stereocenters. The average Bonchev–Trinajstić information content (AvgIpc) is 2.37. The van der Waals surface area contributed by atoms with E-state index in [4.69, 9.17) is 15.7 Å². The summed E-state index contributed by atoms with van der Waals surface area (Å²) in [5.74, 6) is 0.229. The second-order valence-electron chi connectivity index (χ2n) is 3.67. The van der Waals surface area contributed by atoms with Crippen LogP contribution in [-0.2, 0) is 11.2 Å². The molecule has 1 rings (SSSR count). The van der Waals surface area contributed by atoms with Crippen molar-refractivity contribution in [2.24, 2.45) is 10.9 Å². The number of amidine groups is 1. The summed E-state index contributed by atoms with van der Waals surface area (Å²) in [7, 11) is 1.69. The molecule has 0 saturated heterocycles. The lowest BCUT2D eigenvalue weighted by molar-refractivity contribution is 0.202.